The lowest BCUT2D eigenvalue weighted by Crippen LogP contribution is -2.52. The van der Waals surface area contributed by atoms with Crippen molar-refractivity contribution in [3.63, 3.8) is 0 Å². The zero-order chi connectivity index (χ0) is 42.3. The van der Waals surface area contributed by atoms with Gasteiger partial charge >= 0.3 is 5.97 Å². The van der Waals surface area contributed by atoms with Gasteiger partial charge in [-0.1, -0.05) is 78.9 Å². The Hall–Kier alpha value is -6.11. The second-order valence-electron chi connectivity index (χ2n) is 16.6. The molecule has 4 aliphatic rings. The first-order chi connectivity index (χ1) is 29.7. The van der Waals surface area contributed by atoms with Crippen LogP contribution in [0.15, 0.2) is 119 Å². The number of H-pyrrole nitrogens is 1. The SMILES string of the molecule is O=C(CCc1ccc(C(=O)N(CCCNCC(O)c2ccc(O)c3[nH]c(=O)ccc23)Cc2ccccc2)cc1)N1CCC(C(=O)OC2CN=C3CC2C3)(c2ccccc2)CC1. The van der Waals surface area contributed by atoms with Crippen LogP contribution in [0.2, 0.25) is 0 Å². The van der Waals surface area contributed by atoms with E-state index in [1.54, 1.807) is 12.1 Å². The van der Waals surface area contributed by atoms with Gasteiger partial charge in [0, 0.05) is 67.8 Å². The Morgan fingerprint density at radius 2 is 1.62 bits per heavy atom. The maximum Gasteiger partial charge on any atom is 0.317 e. The summed E-state index contributed by atoms with van der Waals surface area (Å²) >= 11 is 0. The van der Waals surface area contributed by atoms with Crippen LogP contribution in [-0.4, -0.2) is 93.9 Å². The molecule has 61 heavy (non-hydrogen) atoms. The number of fused-ring (bicyclic) bond motifs is 3. The van der Waals surface area contributed by atoms with Crippen LogP contribution in [0.5, 0.6) is 5.75 Å². The smallest absolute Gasteiger partial charge is 0.317 e. The Morgan fingerprint density at radius 3 is 2.33 bits per heavy atom. The Balaban J connectivity index is 0.835. The van der Waals surface area contributed by atoms with E-state index >= 15 is 0 Å². The van der Waals surface area contributed by atoms with Crippen molar-refractivity contribution in [3.8, 4) is 5.75 Å². The minimum absolute atomic E-state index is 0.0433. The maximum atomic E-state index is 13.9. The molecule has 2 amide bonds. The molecule has 9 rings (SSSR count). The number of aromatic nitrogens is 1. The van der Waals surface area contributed by atoms with E-state index in [9.17, 15) is 29.4 Å². The predicted molar refractivity (Wildman–Crippen MR) is 233 cm³/mol. The van der Waals surface area contributed by atoms with E-state index in [2.05, 4.69) is 15.3 Å². The van der Waals surface area contributed by atoms with Crippen molar-refractivity contribution in [2.45, 2.75) is 69.1 Å². The Bertz CT molecular complexity index is 2420. The normalized spacial score (nSPS) is 18.4. The first kappa shape index (κ1) is 41.6. The monoisotopic (exact) mass is 823 g/mol. The minimum atomic E-state index is -0.882. The van der Waals surface area contributed by atoms with Gasteiger partial charge in [-0.2, -0.15) is 0 Å². The zero-order valence-electron chi connectivity index (χ0n) is 34.3. The van der Waals surface area contributed by atoms with Crippen molar-refractivity contribution < 1.29 is 29.3 Å². The van der Waals surface area contributed by atoms with Crippen molar-refractivity contribution in [1.29, 1.82) is 0 Å². The number of benzene rings is 4. The maximum absolute atomic E-state index is 13.9. The van der Waals surface area contributed by atoms with Gasteiger partial charge in [-0.25, -0.2) is 0 Å². The highest BCUT2D eigenvalue weighted by atomic mass is 16.5. The first-order valence-electron chi connectivity index (χ1n) is 21.4. The highest BCUT2D eigenvalue weighted by molar-refractivity contribution is 5.94. The number of nitrogens with zero attached hydrogens (tertiary/aromatic N) is 3. The fourth-order valence-corrected chi connectivity index (χ4v) is 8.95. The highest BCUT2D eigenvalue weighted by Crippen LogP contribution is 2.40. The summed E-state index contributed by atoms with van der Waals surface area (Å²) < 4.78 is 6.18. The number of aryl methyl sites for hydroxylation is 1. The average Bonchev–Trinajstić information content (AvgIpc) is 3.28. The number of ether oxygens (including phenoxy) is 1. The molecule has 4 aromatic carbocycles. The molecule has 2 atom stereocenters. The molecule has 1 saturated carbocycles. The Kier molecular flexibility index (Phi) is 12.7. The molecule has 2 bridgehead atoms. The van der Waals surface area contributed by atoms with E-state index in [4.69, 9.17) is 4.74 Å². The molecule has 0 radical (unpaired) electrons. The van der Waals surface area contributed by atoms with Crippen LogP contribution in [0, 0.1) is 5.92 Å². The van der Waals surface area contributed by atoms with E-state index in [1.807, 2.05) is 94.7 Å². The van der Waals surface area contributed by atoms with Gasteiger partial charge in [-0.15, -0.1) is 0 Å². The number of aliphatic imine (C=N–C) groups is 1. The van der Waals surface area contributed by atoms with Crippen LogP contribution >= 0.6 is 0 Å². The number of carbonyl (C=O) groups is 3. The van der Waals surface area contributed by atoms with Crippen LogP contribution in [0.3, 0.4) is 0 Å². The van der Waals surface area contributed by atoms with Crippen LogP contribution in [0.4, 0.5) is 0 Å². The largest absolute Gasteiger partial charge is 0.506 e. The highest BCUT2D eigenvalue weighted by Gasteiger charge is 2.47. The second kappa shape index (κ2) is 18.7. The Labute approximate surface area is 355 Å². The predicted octanol–water partition coefficient (Wildman–Crippen LogP) is 5.86. The lowest BCUT2D eigenvalue weighted by Gasteiger charge is -2.43. The van der Waals surface area contributed by atoms with Gasteiger partial charge in [0.25, 0.3) is 5.91 Å². The summed E-state index contributed by atoms with van der Waals surface area (Å²) in [5.41, 5.74) is 4.44. The van der Waals surface area contributed by atoms with E-state index in [0.29, 0.717) is 93.8 Å². The number of nitrogens with one attached hydrogen (secondary N) is 2. The summed E-state index contributed by atoms with van der Waals surface area (Å²) in [6.07, 6.45) is 3.28. The van der Waals surface area contributed by atoms with Gasteiger partial charge in [0.2, 0.25) is 11.5 Å². The lowest BCUT2D eigenvalue weighted by atomic mass is 9.72. The van der Waals surface area contributed by atoms with Crippen LogP contribution < -0.4 is 10.9 Å². The number of carbonyl (C=O) groups excluding carboxylic acids is 3. The van der Waals surface area contributed by atoms with E-state index in [1.165, 1.54) is 17.8 Å². The number of likely N-dealkylation sites (tertiary alicyclic amines) is 1. The number of hydrogen-bond donors (Lipinski definition) is 4. The van der Waals surface area contributed by atoms with E-state index in [0.717, 1.165) is 29.5 Å². The van der Waals surface area contributed by atoms with Crippen LogP contribution in [0.1, 0.15) is 77.2 Å². The molecule has 4 N–H and O–H groups in total. The molecule has 12 nitrogen and oxygen atoms in total. The number of rotatable bonds is 16. The van der Waals surface area contributed by atoms with Gasteiger partial charge < -0.3 is 35.1 Å². The number of aromatic hydroxyl groups is 1. The molecule has 316 valence electrons. The van der Waals surface area contributed by atoms with Crippen molar-refractivity contribution in [2.75, 3.05) is 39.3 Å². The molecule has 3 aliphatic heterocycles. The first-order valence-corrected chi connectivity index (χ1v) is 21.4. The van der Waals surface area contributed by atoms with Gasteiger partial charge in [-0.3, -0.25) is 24.2 Å². The van der Waals surface area contributed by atoms with Gasteiger partial charge in [0.05, 0.1) is 23.6 Å². The van der Waals surface area contributed by atoms with Crippen molar-refractivity contribution in [1.82, 2.24) is 20.1 Å². The van der Waals surface area contributed by atoms with Gasteiger partial charge in [0.15, 0.2) is 0 Å². The van der Waals surface area contributed by atoms with Crippen LogP contribution in [0.25, 0.3) is 10.9 Å². The van der Waals surface area contributed by atoms with Crippen molar-refractivity contribution in [3.05, 3.63) is 147 Å². The third kappa shape index (κ3) is 9.45. The molecule has 5 aromatic rings. The third-order valence-electron chi connectivity index (χ3n) is 12.7. The molecule has 2 unspecified atom stereocenters. The number of aliphatic hydroxyl groups is 1. The summed E-state index contributed by atoms with van der Waals surface area (Å²) in [6.45, 7) is 3.19. The average molecular weight is 824 g/mol. The molecule has 4 heterocycles. The zero-order valence-corrected chi connectivity index (χ0v) is 34.3. The molecular formula is C49H53N5O7. The number of hydrogen-bond acceptors (Lipinski definition) is 9. The number of piperidine rings is 1. The molecule has 0 spiro atoms. The third-order valence-corrected chi connectivity index (χ3v) is 12.7. The summed E-state index contributed by atoms with van der Waals surface area (Å²) in [7, 11) is 0. The van der Waals surface area contributed by atoms with Crippen molar-refractivity contribution >= 4 is 34.4 Å². The van der Waals surface area contributed by atoms with E-state index in [-0.39, 0.29) is 47.3 Å². The summed E-state index contributed by atoms with van der Waals surface area (Å²) in [4.78, 5) is 64.0. The summed E-state index contributed by atoms with van der Waals surface area (Å²) in [5.74, 6) is 0.0457. The molecule has 2 fully saturated rings. The second-order valence-corrected chi connectivity index (χ2v) is 16.6. The lowest BCUT2D eigenvalue weighted by molar-refractivity contribution is -0.162. The molecule has 12 heteroatoms. The molecule has 1 aromatic heterocycles. The number of aliphatic hydroxyl groups excluding tert-OH is 1. The standard InChI is InChI=1S/C49H53N5O7/c55-41-19-17-39(40-18-20-44(57)52-46(40)41)42(56)30-50-24-7-25-54(32-34-8-3-1-4-9-34)47(59)35-15-12-33(13-16-35)14-21-45(58)53-26-22-49(23-27-53,37-10-5-2-6-11-37)48(60)61-43-31-51-38-28-36(43)29-38/h1-6,8-13,15-20,36,42-43,50,55-56H,7,14,21-32H2,(H,52,57). The number of phenolic OH excluding ortho intramolecular Hbond substituents is 1. The Morgan fingerprint density at radius 1 is 0.902 bits per heavy atom. The number of amides is 2. The van der Waals surface area contributed by atoms with Crippen molar-refractivity contribution in [2.24, 2.45) is 10.9 Å². The fraction of sp³-hybridized carbons (Fsp3) is 0.367. The minimum Gasteiger partial charge on any atom is -0.506 e. The molecular weight excluding hydrogens is 771 g/mol. The van der Waals surface area contributed by atoms with Gasteiger partial charge in [0.1, 0.15) is 11.9 Å². The number of phenols is 1. The van der Waals surface area contributed by atoms with Crippen LogP contribution in [-0.2, 0) is 32.7 Å². The summed E-state index contributed by atoms with van der Waals surface area (Å²) in [5, 5.41) is 25.0. The van der Waals surface area contributed by atoms with E-state index < -0.39 is 11.5 Å². The molecule has 1 saturated heterocycles. The molecule has 1 aliphatic carbocycles. The number of aromatic amines is 1. The summed E-state index contributed by atoms with van der Waals surface area (Å²) in [6, 6.07) is 33.2. The quantitative estimate of drug-likeness (QED) is 0.0711. The van der Waals surface area contributed by atoms with Gasteiger partial charge in [-0.05, 0) is 91.6 Å². The topological polar surface area (TPSA) is 165 Å². The fourth-order valence-electron chi connectivity index (χ4n) is 8.95. The number of pyridine rings is 1. The number of esters is 1.